The largest absolute Gasteiger partial charge is 0.496 e. The molecule has 2 fully saturated rings. The topological polar surface area (TPSA) is 67.5 Å². The van der Waals surface area contributed by atoms with Crippen molar-refractivity contribution >= 4 is 23.6 Å². The summed E-state index contributed by atoms with van der Waals surface area (Å²) in [6.07, 6.45) is 5.39. The van der Waals surface area contributed by atoms with E-state index in [0.29, 0.717) is 16.5 Å². The molecule has 3 atom stereocenters. The van der Waals surface area contributed by atoms with Crippen LogP contribution in [0.2, 0.25) is 5.02 Å². The Balaban J connectivity index is 1.46. The minimum absolute atomic E-state index is 0.0219. The smallest absolute Gasteiger partial charge is 0.289 e. The highest BCUT2D eigenvalue weighted by Gasteiger charge is 2.46. The number of halogens is 1. The van der Waals surface area contributed by atoms with Gasteiger partial charge < -0.3 is 19.4 Å². The molecule has 2 saturated heterocycles. The Labute approximate surface area is 198 Å². The first kappa shape index (κ1) is 21.6. The number of methoxy groups -OCH3 is 1. The van der Waals surface area contributed by atoms with Crippen LogP contribution >= 0.6 is 11.6 Å². The van der Waals surface area contributed by atoms with Crippen molar-refractivity contribution in [2.45, 2.75) is 44.9 Å². The molecule has 0 unspecified atom stereocenters. The number of benzene rings is 2. The lowest BCUT2D eigenvalue weighted by Gasteiger charge is -2.39. The highest BCUT2D eigenvalue weighted by molar-refractivity contribution is 6.30. The summed E-state index contributed by atoms with van der Waals surface area (Å²) in [6.45, 7) is 3.96. The number of fused-ring (bicyclic) bond motifs is 1. The van der Waals surface area contributed by atoms with Gasteiger partial charge in [-0.25, -0.2) is 4.98 Å². The summed E-state index contributed by atoms with van der Waals surface area (Å²) in [7, 11) is 1.63. The monoisotopic (exact) mass is 463 g/mol. The van der Waals surface area contributed by atoms with Crippen molar-refractivity contribution in [1.29, 1.82) is 0 Å². The number of ether oxygens (including phenoxy) is 2. The van der Waals surface area contributed by atoms with Crippen molar-refractivity contribution in [2.75, 3.05) is 7.11 Å². The van der Waals surface area contributed by atoms with Crippen LogP contribution in [0.4, 0.5) is 0 Å². The number of amides is 1. The van der Waals surface area contributed by atoms with Crippen molar-refractivity contribution < 1.29 is 14.3 Å². The second-order valence-corrected chi connectivity index (χ2v) is 9.04. The number of morpholine rings is 1. The van der Waals surface area contributed by atoms with Gasteiger partial charge >= 0.3 is 0 Å². The number of aromatic amines is 1. The van der Waals surface area contributed by atoms with Gasteiger partial charge in [0.05, 0.1) is 30.5 Å². The van der Waals surface area contributed by atoms with Gasteiger partial charge in [-0.05, 0) is 68.2 Å². The summed E-state index contributed by atoms with van der Waals surface area (Å²) >= 11 is 6.07. The number of imidazole rings is 1. The first-order valence-corrected chi connectivity index (χ1v) is 11.5. The quantitative estimate of drug-likeness (QED) is 0.516. The highest BCUT2D eigenvalue weighted by atomic mass is 35.5. The number of carbonyl (C=O) groups excluding carboxylic acids is 1. The van der Waals surface area contributed by atoms with Gasteiger partial charge in [-0.3, -0.25) is 4.79 Å². The number of nitrogens with zero attached hydrogens (tertiary/aromatic N) is 2. The van der Waals surface area contributed by atoms with E-state index in [1.54, 1.807) is 13.2 Å². The Hall–Kier alpha value is -3.25. The molecule has 170 valence electrons. The molecule has 2 aliphatic rings. The standard InChI is InChI=1S/C26H26ClN3O3/c1-15-14-28-25(29-15)20-9-4-17(12-23(20)32-3)13-24-26(31)30-21(16(2)33-24)10-11-22(30)18-5-7-19(27)8-6-18/h4-9,12-14,16,21-22H,10-11H2,1-3H3,(H,28,29)/t16-,21+,22-/m0/s1. The summed E-state index contributed by atoms with van der Waals surface area (Å²) in [4.78, 5) is 23.1. The first-order valence-electron chi connectivity index (χ1n) is 11.1. The van der Waals surface area contributed by atoms with Gasteiger partial charge in [-0.15, -0.1) is 0 Å². The van der Waals surface area contributed by atoms with E-state index in [2.05, 4.69) is 9.97 Å². The van der Waals surface area contributed by atoms with Crippen molar-refractivity contribution in [2.24, 2.45) is 0 Å². The fourth-order valence-corrected chi connectivity index (χ4v) is 4.98. The van der Waals surface area contributed by atoms with Crippen LogP contribution in [0.25, 0.3) is 17.5 Å². The van der Waals surface area contributed by atoms with Gasteiger partial charge in [-0.1, -0.05) is 29.8 Å². The molecule has 0 radical (unpaired) electrons. The van der Waals surface area contributed by atoms with Crippen molar-refractivity contribution in [3.8, 4) is 17.1 Å². The van der Waals surface area contributed by atoms with E-state index in [1.165, 1.54) is 0 Å². The molecule has 3 heterocycles. The third-order valence-corrected chi connectivity index (χ3v) is 6.72. The van der Waals surface area contributed by atoms with Crippen LogP contribution in [0.1, 0.15) is 42.6 Å². The molecule has 0 aliphatic carbocycles. The predicted molar refractivity (Wildman–Crippen MR) is 128 cm³/mol. The second kappa shape index (κ2) is 8.60. The lowest BCUT2D eigenvalue weighted by atomic mass is 10.0. The van der Waals surface area contributed by atoms with Crippen LogP contribution in [0.3, 0.4) is 0 Å². The molecule has 7 heteroatoms. The highest BCUT2D eigenvalue weighted by Crippen LogP contribution is 2.42. The van der Waals surface area contributed by atoms with E-state index in [0.717, 1.165) is 41.1 Å². The lowest BCUT2D eigenvalue weighted by Crippen LogP contribution is -2.49. The number of rotatable bonds is 4. The Kier molecular flexibility index (Phi) is 5.62. The molecule has 33 heavy (non-hydrogen) atoms. The molecule has 0 bridgehead atoms. The average molecular weight is 464 g/mol. The van der Waals surface area contributed by atoms with Gasteiger partial charge in [-0.2, -0.15) is 0 Å². The van der Waals surface area contributed by atoms with Gasteiger partial charge in [0.25, 0.3) is 5.91 Å². The number of hydrogen-bond acceptors (Lipinski definition) is 4. The molecular formula is C26H26ClN3O3. The molecule has 6 nitrogen and oxygen atoms in total. The van der Waals surface area contributed by atoms with Crippen molar-refractivity contribution in [3.63, 3.8) is 0 Å². The molecule has 1 aromatic heterocycles. The van der Waals surface area contributed by atoms with Crippen LogP contribution in [-0.2, 0) is 9.53 Å². The van der Waals surface area contributed by atoms with E-state index in [9.17, 15) is 4.79 Å². The SMILES string of the molecule is COc1cc(C=C2O[C@@H](C)[C@H]3CC[C@@H](c4ccc(Cl)cc4)N3C2=O)ccc1-c1nc(C)c[nH]1. The number of aryl methyl sites for hydroxylation is 1. The summed E-state index contributed by atoms with van der Waals surface area (Å²) in [5.41, 5.74) is 3.70. The van der Waals surface area contributed by atoms with E-state index in [1.807, 2.05) is 67.4 Å². The molecule has 1 N–H and O–H groups in total. The maximum atomic E-state index is 13.5. The summed E-state index contributed by atoms with van der Waals surface area (Å²) in [5.74, 6) is 1.68. The number of nitrogens with one attached hydrogen (secondary N) is 1. The third kappa shape index (κ3) is 4.00. The molecular weight excluding hydrogens is 438 g/mol. The number of carbonyl (C=O) groups is 1. The first-order chi connectivity index (χ1) is 15.9. The Bertz CT molecular complexity index is 1220. The fraction of sp³-hybridized carbons (Fsp3) is 0.308. The molecule has 3 aromatic rings. The second-order valence-electron chi connectivity index (χ2n) is 8.61. The Morgan fingerprint density at radius 3 is 2.70 bits per heavy atom. The van der Waals surface area contributed by atoms with E-state index in [4.69, 9.17) is 21.1 Å². The van der Waals surface area contributed by atoms with Crippen LogP contribution in [-0.4, -0.2) is 40.0 Å². The molecule has 2 aromatic carbocycles. The zero-order valence-corrected chi connectivity index (χ0v) is 19.6. The number of hydrogen-bond donors (Lipinski definition) is 1. The molecule has 5 rings (SSSR count). The molecule has 0 saturated carbocycles. The normalized spacial score (nSPS) is 23.5. The van der Waals surface area contributed by atoms with Crippen molar-refractivity contribution in [1.82, 2.24) is 14.9 Å². The van der Waals surface area contributed by atoms with Gasteiger partial charge in [0, 0.05) is 11.2 Å². The Morgan fingerprint density at radius 1 is 1.21 bits per heavy atom. The van der Waals surface area contributed by atoms with Crippen molar-refractivity contribution in [3.05, 3.63) is 76.3 Å². The summed E-state index contributed by atoms with van der Waals surface area (Å²) in [6, 6.07) is 13.6. The fourth-order valence-electron chi connectivity index (χ4n) is 4.85. The number of aromatic nitrogens is 2. The maximum absolute atomic E-state index is 13.5. The third-order valence-electron chi connectivity index (χ3n) is 6.47. The van der Waals surface area contributed by atoms with Crippen LogP contribution in [0.5, 0.6) is 5.75 Å². The van der Waals surface area contributed by atoms with E-state index < -0.39 is 0 Å². The minimum Gasteiger partial charge on any atom is -0.496 e. The van der Waals surface area contributed by atoms with E-state index in [-0.39, 0.29) is 24.1 Å². The zero-order valence-electron chi connectivity index (χ0n) is 18.8. The lowest BCUT2D eigenvalue weighted by molar-refractivity contribution is -0.144. The maximum Gasteiger partial charge on any atom is 0.289 e. The average Bonchev–Trinajstić information content (AvgIpc) is 3.45. The number of H-pyrrole nitrogens is 1. The molecule has 1 amide bonds. The predicted octanol–water partition coefficient (Wildman–Crippen LogP) is 5.54. The van der Waals surface area contributed by atoms with Gasteiger partial charge in [0.15, 0.2) is 5.76 Å². The van der Waals surface area contributed by atoms with Gasteiger partial charge in [0.1, 0.15) is 17.7 Å². The minimum atomic E-state index is -0.0847. The summed E-state index contributed by atoms with van der Waals surface area (Å²) < 4.78 is 11.7. The van der Waals surface area contributed by atoms with Crippen LogP contribution in [0, 0.1) is 6.92 Å². The molecule has 0 spiro atoms. The van der Waals surface area contributed by atoms with Crippen LogP contribution in [0.15, 0.2) is 54.4 Å². The van der Waals surface area contributed by atoms with Gasteiger partial charge in [0.2, 0.25) is 0 Å². The molecule has 2 aliphatic heterocycles. The zero-order chi connectivity index (χ0) is 23.1. The van der Waals surface area contributed by atoms with E-state index >= 15 is 0 Å². The Morgan fingerprint density at radius 2 is 2.00 bits per heavy atom. The summed E-state index contributed by atoms with van der Waals surface area (Å²) in [5, 5.41) is 0.692. The van der Waals surface area contributed by atoms with Crippen LogP contribution < -0.4 is 4.74 Å².